The lowest BCUT2D eigenvalue weighted by molar-refractivity contribution is -0.121. The standard InChI is InChI=1S/C18H24N4O3/c1-9-14(10(2)22-15(19-9)8-17(24)21-22)7-16(23)20-13-5-11-3-4-12(6-13)18(11)25/h8,11-13,18,25H,3-7H2,1-2H3,(H,20,23)(H,21,24)/t11-,12+,13?,18?. The monoisotopic (exact) mass is 344 g/mol. The number of amides is 1. The highest BCUT2D eigenvalue weighted by molar-refractivity contribution is 5.79. The minimum Gasteiger partial charge on any atom is -0.393 e. The number of aliphatic hydroxyl groups excluding tert-OH is 1. The number of fused-ring (bicyclic) bond motifs is 3. The Bertz CT molecular complexity index is 870. The van der Waals surface area contributed by atoms with Crippen molar-refractivity contribution in [2.75, 3.05) is 0 Å². The normalized spacial score (nSPS) is 28.4. The summed E-state index contributed by atoms with van der Waals surface area (Å²) >= 11 is 0. The van der Waals surface area contributed by atoms with Gasteiger partial charge in [0.25, 0.3) is 5.56 Å². The number of aromatic amines is 1. The van der Waals surface area contributed by atoms with Crippen LogP contribution < -0.4 is 10.9 Å². The molecule has 4 rings (SSSR count). The Morgan fingerprint density at radius 3 is 2.72 bits per heavy atom. The van der Waals surface area contributed by atoms with E-state index in [9.17, 15) is 14.7 Å². The molecular weight excluding hydrogens is 320 g/mol. The van der Waals surface area contributed by atoms with Crippen molar-refractivity contribution < 1.29 is 9.90 Å². The molecule has 2 aromatic heterocycles. The third-order valence-electron chi connectivity index (χ3n) is 5.95. The minimum atomic E-state index is -0.201. The summed E-state index contributed by atoms with van der Waals surface area (Å²) in [5, 5.41) is 16.0. The number of hydrogen-bond acceptors (Lipinski definition) is 4. The Labute approximate surface area is 145 Å². The van der Waals surface area contributed by atoms with Crippen LogP contribution >= 0.6 is 0 Å². The van der Waals surface area contributed by atoms with Gasteiger partial charge in [0.2, 0.25) is 5.91 Å². The average molecular weight is 344 g/mol. The summed E-state index contributed by atoms with van der Waals surface area (Å²) in [6.07, 6.45) is 3.92. The first-order chi connectivity index (χ1) is 11.9. The predicted molar refractivity (Wildman–Crippen MR) is 92.4 cm³/mol. The van der Waals surface area contributed by atoms with Crippen molar-refractivity contribution in [1.29, 1.82) is 0 Å². The number of nitrogens with one attached hydrogen (secondary N) is 2. The molecule has 4 atom stereocenters. The fourth-order valence-electron chi connectivity index (χ4n) is 4.66. The van der Waals surface area contributed by atoms with Crippen molar-refractivity contribution in [1.82, 2.24) is 19.9 Å². The van der Waals surface area contributed by atoms with Gasteiger partial charge in [-0.1, -0.05) is 0 Å². The number of H-pyrrole nitrogens is 1. The number of hydrogen-bond donors (Lipinski definition) is 3. The van der Waals surface area contributed by atoms with Crippen molar-refractivity contribution in [3.05, 3.63) is 33.4 Å². The predicted octanol–water partition coefficient (Wildman–Crippen LogP) is 0.848. The van der Waals surface area contributed by atoms with Gasteiger partial charge in [-0.05, 0) is 51.4 Å². The van der Waals surface area contributed by atoms with Crippen LogP contribution in [0.2, 0.25) is 0 Å². The molecule has 2 bridgehead atoms. The summed E-state index contributed by atoms with van der Waals surface area (Å²) < 4.78 is 1.63. The molecule has 25 heavy (non-hydrogen) atoms. The van der Waals surface area contributed by atoms with Gasteiger partial charge in [-0.15, -0.1) is 0 Å². The number of aryl methyl sites for hydroxylation is 2. The van der Waals surface area contributed by atoms with Crippen LogP contribution in [0.5, 0.6) is 0 Å². The fourth-order valence-corrected chi connectivity index (χ4v) is 4.66. The molecule has 3 N–H and O–H groups in total. The van der Waals surface area contributed by atoms with E-state index in [-0.39, 0.29) is 30.0 Å². The van der Waals surface area contributed by atoms with Gasteiger partial charge in [-0.3, -0.25) is 14.7 Å². The SMILES string of the molecule is Cc1nc2cc(=O)[nH]n2c(C)c1CC(=O)NC1C[C@H]2CC[C@@H](C1)C2O. The lowest BCUT2D eigenvalue weighted by atomic mass is 9.83. The molecule has 0 aromatic carbocycles. The fraction of sp³-hybridized carbons (Fsp3) is 0.611. The Morgan fingerprint density at radius 2 is 2.04 bits per heavy atom. The molecule has 7 heteroatoms. The van der Waals surface area contributed by atoms with E-state index in [0.29, 0.717) is 17.5 Å². The highest BCUT2D eigenvalue weighted by Crippen LogP contribution is 2.42. The van der Waals surface area contributed by atoms with E-state index in [1.54, 1.807) is 4.52 Å². The van der Waals surface area contributed by atoms with Gasteiger partial charge in [-0.25, -0.2) is 9.50 Å². The maximum absolute atomic E-state index is 12.6. The van der Waals surface area contributed by atoms with Crippen molar-refractivity contribution in [2.24, 2.45) is 11.8 Å². The van der Waals surface area contributed by atoms with Crippen LogP contribution in [-0.2, 0) is 11.2 Å². The van der Waals surface area contributed by atoms with Crippen LogP contribution in [-0.4, -0.2) is 37.8 Å². The highest BCUT2D eigenvalue weighted by atomic mass is 16.3. The maximum atomic E-state index is 12.6. The molecule has 2 fully saturated rings. The van der Waals surface area contributed by atoms with E-state index in [4.69, 9.17) is 0 Å². The molecule has 2 heterocycles. The number of nitrogens with zero attached hydrogens (tertiary/aromatic N) is 2. The van der Waals surface area contributed by atoms with Crippen LogP contribution in [0.1, 0.15) is 42.6 Å². The Hall–Kier alpha value is -2.15. The quantitative estimate of drug-likeness (QED) is 0.768. The van der Waals surface area contributed by atoms with E-state index >= 15 is 0 Å². The summed E-state index contributed by atoms with van der Waals surface area (Å²) in [6, 6.07) is 1.60. The molecule has 134 valence electrons. The molecule has 0 radical (unpaired) electrons. The molecule has 2 aromatic rings. The van der Waals surface area contributed by atoms with E-state index in [0.717, 1.165) is 42.6 Å². The molecule has 2 aliphatic rings. The van der Waals surface area contributed by atoms with Crippen molar-refractivity contribution in [3.63, 3.8) is 0 Å². The molecule has 1 amide bonds. The third-order valence-corrected chi connectivity index (χ3v) is 5.95. The number of aromatic nitrogens is 3. The first-order valence-corrected chi connectivity index (χ1v) is 8.97. The van der Waals surface area contributed by atoms with Crippen LogP contribution in [0.3, 0.4) is 0 Å². The van der Waals surface area contributed by atoms with Gasteiger partial charge in [0.05, 0.1) is 12.5 Å². The maximum Gasteiger partial charge on any atom is 0.266 e. The first kappa shape index (κ1) is 16.3. The third kappa shape index (κ3) is 2.86. The molecular formula is C18H24N4O3. The number of carbonyl (C=O) groups is 1. The Morgan fingerprint density at radius 1 is 1.36 bits per heavy atom. The molecule has 0 saturated heterocycles. The topological polar surface area (TPSA) is 99.5 Å². The molecule has 0 aliphatic heterocycles. The van der Waals surface area contributed by atoms with Crippen LogP contribution in [0.15, 0.2) is 10.9 Å². The Kier molecular flexibility index (Phi) is 3.91. The van der Waals surface area contributed by atoms with Crippen LogP contribution in [0, 0.1) is 25.7 Å². The van der Waals surface area contributed by atoms with Gasteiger partial charge in [0.15, 0.2) is 5.65 Å². The summed E-state index contributed by atoms with van der Waals surface area (Å²) in [5.74, 6) is 0.633. The number of rotatable bonds is 3. The molecule has 2 unspecified atom stereocenters. The summed E-state index contributed by atoms with van der Waals surface area (Å²) in [5.41, 5.74) is 2.81. The van der Waals surface area contributed by atoms with Gasteiger partial charge in [-0.2, -0.15) is 0 Å². The average Bonchev–Trinajstić information content (AvgIpc) is 2.99. The second-order valence-corrected chi connectivity index (χ2v) is 7.58. The lowest BCUT2D eigenvalue weighted by Crippen LogP contribution is -2.44. The van der Waals surface area contributed by atoms with Gasteiger partial charge >= 0.3 is 0 Å². The van der Waals surface area contributed by atoms with Crippen molar-refractivity contribution in [3.8, 4) is 0 Å². The number of carbonyl (C=O) groups excluding carboxylic acids is 1. The van der Waals surface area contributed by atoms with Gasteiger partial charge in [0, 0.05) is 29.1 Å². The highest BCUT2D eigenvalue weighted by Gasteiger charge is 2.41. The second kappa shape index (κ2) is 5.98. The molecule has 2 saturated carbocycles. The summed E-state index contributed by atoms with van der Waals surface area (Å²) in [7, 11) is 0. The van der Waals surface area contributed by atoms with Gasteiger partial charge in [0.1, 0.15) is 0 Å². The van der Waals surface area contributed by atoms with Gasteiger partial charge < -0.3 is 10.4 Å². The van der Waals surface area contributed by atoms with E-state index in [2.05, 4.69) is 15.4 Å². The molecule has 7 nitrogen and oxygen atoms in total. The van der Waals surface area contributed by atoms with Crippen LogP contribution in [0.4, 0.5) is 0 Å². The van der Waals surface area contributed by atoms with Crippen molar-refractivity contribution in [2.45, 2.75) is 58.1 Å². The zero-order chi connectivity index (χ0) is 17.7. The smallest absolute Gasteiger partial charge is 0.266 e. The summed E-state index contributed by atoms with van der Waals surface area (Å²) in [4.78, 5) is 28.5. The zero-order valence-electron chi connectivity index (χ0n) is 14.6. The van der Waals surface area contributed by atoms with Crippen LogP contribution in [0.25, 0.3) is 5.65 Å². The van der Waals surface area contributed by atoms with Crippen molar-refractivity contribution >= 4 is 11.6 Å². The Balaban J connectivity index is 1.49. The lowest BCUT2D eigenvalue weighted by Gasteiger charge is -2.32. The minimum absolute atomic E-state index is 0.0253. The van der Waals surface area contributed by atoms with E-state index in [1.807, 2.05) is 13.8 Å². The number of aliphatic hydroxyl groups is 1. The molecule has 2 aliphatic carbocycles. The molecule has 0 spiro atoms. The second-order valence-electron chi connectivity index (χ2n) is 7.58. The largest absolute Gasteiger partial charge is 0.393 e. The zero-order valence-corrected chi connectivity index (χ0v) is 14.6. The van der Waals surface area contributed by atoms with E-state index < -0.39 is 0 Å². The summed E-state index contributed by atoms with van der Waals surface area (Å²) in [6.45, 7) is 3.75. The van der Waals surface area contributed by atoms with E-state index in [1.165, 1.54) is 6.07 Å². The first-order valence-electron chi connectivity index (χ1n) is 8.97.